The van der Waals surface area contributed by atoms with Crippen LogP contribution in [-0.2, 0) is 16.1 Å². The largest absolute Gasteiger partial charge is 0.364 e. The molecule has 23 heavy (non-hydrogen) atoms. The summed E-state index contributed by atoms with van der Waals surface area (Å²) in [6.45, 7) is 0.0228. The molecule has 3 N–H and O–H groups in total. The Hall–Kier alpha value is -3.29. The van der Waals surface area contributed by atoms with E-state index < -0.39 is 5.91 Å². The maximum atomic E-state index is 11.6. The van der Waals surface area contributed by atoms with Crippen LogP contribution in [0.2, 0.25) is 0 Å². The molecule has 118 valence electrons. The normalized spacial score (nSPS) is 11.8. The zero-order valence-corrected chi connectivity index (χ0v) is 12.4. The van der Waals surface area contributed by atoms with Crippen molar-refractivity contribution < 1.29 is 14.4 Å². The summed E-state index contributed by atoms with van der Waals surface area (Å²) in [6, 6.07) is 5.21. The number of carbonyl (C=O) groups is 3. The zero-order chi connectivity index (χ0) is 16.8. The molecule has 2 rings (SSSR count). The smallest absolute Gasteiger partial charge is 0.269 e. The van der Waals surface area contributed by atoms with Crippen LogP contribution in [0.5, 0.6) is 0 Å². The standard InChI is InChI=1S/C15H15N5O3/c1-17-7-11(8-18-9-22)10-2-3-13-12(6-10)14(15(16)23)19-20(13)4-5-21/h2-3,5-9H,4H2,1H3,(H2,16,23)(H,18,22)/b11-8+,17-7?. The number of hydrogen-bond acceptors (Lipinski definition) is 5. The first-order valence-electron chi connectivity index (χ1n) is 6.68. The molecule has 0 fully saturated rings. The quantitative estimate of drug-likeness (QED) is 0.557. The van der Waals surface area contributed by atoms with Crippen LogP contribution in [0.3, 0.4) is 0 Å². The van der Waals surface area contributed by atoms with Gasteiger partial charge in [0.2, 0.25) is 6.41 Å². The average Bonchev–Trinajstić information content (AvgIpc) is 2.90. The summed E-state index contributed by atoms with van der Waals surface area (Å²) >= 11 is 0. The molecule has 8 nitrogen and oxygen atoms in total. The fraction of sp³-hybridized carbons (Fsp3) is 0.133. The van der Waals surface area contributed by atoms with Gasteiger partial charge in [-0.25, -0.2) is 0 Å². The maximum absolute atomic E-state index is 11.6. The third-order valence-corrected chi connectivity index (χ3v) is 3.14. The molecule has 0 aliphatic carbocycles. The van der Waals surface area contributed by atoms with Crippen molar-refractivity contribution in [3.63, 3.8) is 0 Å². The minimum absolute atomic E-state index is 0.0228. The Morgan fingerprint density at radius 3 is 2.83 bits per heavy atom. The highest BCUT2D eigenvalue weighted by atomic mass is 16.1. The van der Waals surface area contributed by atoms with E-state index in [1.54, 1.807) is 31.5 Å². The summed E-state index contributed by atoms with van der Waals surface area (Å²) in [5.41, 5.74) is 7.40. The number of carbonyl (C=O) groups excluding carboxylic acids is 3. The molecule has 0 spiro atoms. The summed E-state index contributed by atoms with van der Waals surface area (Å²) in [5.74, 6) is -0.683. The number of fused-ring (bicyclic) bond motifs is 1. The third-order valence-electron chi connectivity index (χ3n) is 3.14. The second kappa shape index (κ2) is 7.12. The molecule has 2 amide bonds. The number of hydrogen-bond donors (Lipinski definition) is 2. The number of aldehydes is 1. The molecule has 1 heterocycles. The predicted molar refractivity (Wildman–Crippen MR) is 85.9 cm³/mol. The van der Waals surface area contributed by atoms with Gasteiger partial charge in [0.15, 0.2) is 5.69 Å². The first-order valence-corrected chi connectivity index (χ1v) is 6.68. The van der Waals surface area contributed by atoms with Crippen LogP contribution in [0.4, 0.5) is 0 Å². The van der Waals surface area contributed by atoms with E-state index in [2.05, 4.69) is 15.4 Å². The van der Waals surface area contributed by atoms with Crippen molar-refractivity contribution >= 4 is 41.3 Å². The van der Waals surface area contributed by atoms with Crippen molar-refractivity contribution in [3.05, 3.63) is 35.7 Å². The Labute approximate surface area is 131 Å². The number of benzene rings is 1. The second-order valence-electron chi connectivity index (χ2n) is 4.57. The minimum Gasteiger partial charge on any atom is -0.364 e. The van der Waals surface area contributed by atoms with Crippen molar-refractivity contribution in [1.29, 1.82) is 0 Å². The third kappa shape index (κ3) is 3.31. The number of aromatic nitrogens is 2. The van der Waals surface area contributed by atoms with E-state index in [0.29, 0.717) is 34.7 Å². The van der Waals surface area contributed by atoms with Gasteiger partial charge in [-0.15, -0.1) is 0 Å². The molecule has 0 atom stereocenters. The van der Waals surface area contributed by atoms with Crippen molar-refractivity contribution in [2.75, 3.05) is 7.05 Å². The van der Waals surface area contributed by atoms with Gasteiger partial charge >= 0.3 is 0 Å². The second-order valence-corrected chi connectivity index (χ2v) is 4.57. The van der Waals surface area contributed by atoms with E-state index in [9.17, 15) is 14.4 Å². The van der Waals surface area contributed by atoms with Crippen molar-refractivity contribution in [3.8, 4) is 0 Å². The molecular weight excluding hydrogens is 298 g/mol. The molecule has 0 radical (unpaired) electrons. The van der Waals surface area contributed by atoms with Gasteiger partial charge in [0, 0.05) is 30.4 Å². The van der Waals surface area contributed by atoms with Crippen LogP contribution in [0, 0.1) is 0 Å². The lowest BCUT2D eigenvalue weighted by atomic mass is 10.0. The average molecular weight is 313 g/mol. The number of allylic oxidation sites excluding steroid dienone is 1. The number of nitrogens with one attached hydrogen (secondary N) is 1. The van der Waals surface area contributed by atoms with E-state index in [0.717, 1.165) is 0 Å². The van der Waals surface area contributed by atoms with Gasteiger partial charge in [-0.3, -0.25) is 19.3 Å². The zero-order valence-electron chi connectivity index (χ0n) is 12.4. The first kappa shape index (κ1) is 16.1. The SMILES string of the molecule is CN=C/C(=C\NC=O)c1ccc2c(c1)c(C(N)=O)nn2CC=O. The number of nitrogens with zero attached hydrogens (tertiary/aromatic N) is 3. The molecular formula is C15H15N5O3. The van der Waals surface area contributed by atoms with Crippen LogP contribution in [-0.4, -0.2) is 41.6 Å². The molecule has 0 saturated heterocycles. The lowest BCUT2D eigenvalue weighted by molar-refractivity contribution is -0.109. The number of aliphatic imine (C=N–C) groups is 1. The Morgan fingerprint density at radius 2 is 2.22 bits per heavy atom. The van der Waals surface area contributed by atoms with E-state index >= 15 is 0 Å². The van der Waals surface area contributed by atoms with Crippen LogP contribution < -0.4 is 11.1 Å². The lowest BCUT2D eigenvalue weighted by Crippen LogP contribution is -2.13. The molecule has 0 unspecified atom stereocenters. The van der Waals surface area contributed by atoms with E-state index in [1.807, 2.05) is 0 Å². The summed E-state index contributed by atoms with van der Waals surface area (Å²) < 4.78 is 1.41. The molecule has 0 aliphatic heterocycles. The summed E-state index contributed by atoms with van der Waals surface area (Å²) in [5, 5.41) is 7.05. The van der Waals surface area contributed by atoms with Gasteiger partial charge in [-0.1, -0.05) is 6.07 Å². The molecule has 0 bridgehead atoms. The van der Waals surface area contributed by atoms with Crippen LogP contribution in [0.25, 0.3) is 16.5 Å². The molecule has 2 aromatic rings. The van der Waals surface area contributed by atoms with Crippen molar-refractivity contribution in [2.24, 2.45) is 10.7 Å². The number of primary amides is 1. The van der Waals surface area contributed by atoms with Gasteiger partial charge < -0.3 is 15.8 Å². The van der Waals surface area contributed by atoms with Gasteiger partial charge in [-0.05, 0) is 17.7 Å². The molecule has 8 heteroatoms. The highest BCUT2D eigenvalue weighted by molar-refractivity contribution is 6.12. The Bertz CT molecular complexity index is 820. The van der Waals surface area contributed by atoms with Gasteiger partial charge in [0.1, 0.15) is 6.29 Å². The molecule has 0 saturated carbocycles. The van der Waals surface area contributed by atoms with Gasteiger partial charge in [0.25, 0.3) is 5.91 Å². The van der Waals surface area contributed by atoms with Gasteiger partial charge in [0.05, 0.1) is 12.1 Å². The minimum atomic E-state index is -0.683. The fourth-order valence-electron chi connectivity index (χ4n) is 2.21. The number of rotatable bonds is 7. The fourth-order valence-corrected chi connectivity index (χ4v) is 2.21. The van der Waals surface area contributed by atoms with Gasteiger partial charge in [-0.2, -0.15) is 5.10 Å². The molecule has 1 aromatic carbocycles. The van der Waals surface area contributed by atoms with E-state index in [-0.39, 0.29) is 12.2 Å². The summed E-state index contributed by atoms with van der Waals surface area (Å²) in [6.07, 6.45) is 4.28. The number of amides is 2. The highest BCUT2D eigenvalue weighted by Gasteiger charge is 2.15. The molecule has 0 aliphatic rings. The lowest BCUT2D eigenvalue weighted by Gasteiger charge is -2.04. The Balaban J connectivity index is 2.64. The van der Waals surface area contributed by atoms with Crippen LogP contribution >= 0.6 is 0 Å². The number of nitrogens with two attached hydrogens (primary N) is 1. The monoisotopic (exact) mass is 313 g/mol. The summed E-state index contributed by atoms with van der Waals surface area (Å²) in [4.78, 5) is 36.7. The van der Waals surface area contributed by atoms with E-state index in [4.69, 9.17) is 5.73 Å². The predicted octanol–water partition coefficient (Wildman–Crippen LogP) is 0.122. The van der Waals surface area contributed by atoms with E-state index in [1.165, 1.54) is 10.9 Å². The Morgan fingerprint density at radius 1 is 1.43 bits per heavy atom. The van der Waals surface area contributed by atoms with Crippen LogP contribution in [0.1, 0.15) is 16.1 Å². The first-order chi connectivity index (χ1) is 11.1. The topological polar surface area (TPSA) is 119 Å². The highest BCUT2D eigenvalue weighted by Crippen LogP contribution is 2.23. The van der Waals surface area contributed by atoms with Crippen molar-refractivity contribution in [2.45, 2.75) is 6.54 Å². The summed E-state index contributed by atoms with van der Waals surface area (Å²) in [7, 11) is 1.60. The van der Waals surface area contributed by atoms with Crippen LogP contribution in [0.15, 0.2) is 29.4 Å². The maximum Gasteiger partial charge on any atom is 0.269 e. The van der Waals surface area contributed by atoms with Crippen molar-refractivity contribution in [1.82, 2.24) is 15.1 Å². The Kier molecular flexibility index (Phi) is 4.98. The molecule has 1 aromatic heterocycles.